The minimum absolute atomic E-state index is 0.00726. The number of hydrogen-bond acceptors (Lipinski definition) is 13. The highest BCUT2D eigenvalue weighted by Crippen LogP contribution is 2.20. The first-order valence-corrected chi connectivity index (χ1v) is 18.3. The molecule has 2 N–H and O–H groups in total. The topological polar surface area (TPSA) is 147 Å². The maximum absolute atomic E-state index is 13.5. The smallest absolute Gasteiger partial charge is 0.320 e. The van der Waals surface area contributed by atoms with E-state index < -0.39 is 46.4 Å². The number of phenols is 1. The van der Waals surface area contributed by atoms with Gasteiger partial charge in [0.25, 0.3) is 0 Å². The maximum atomic E-state index is 13.5. The Balaban J connectivity index is 2.66. The summed E-state index contributed by atoms with van der Waals surface area (Å²) in [6.07, 6.45) is 0.430. The van der Waals surface area contributed by atoms with Gasteiger partial charge in [0, 0.05) is 51.4 Å². The largest absolute Gasteiger partial charge is 0.508 e. The number of rotatable bonds is 10. The molecular weight excluding hydrogens is 668 g/mol. The van der Waals surface area contributed by atoms with Gasteiger partial charge in [-0.3, -0.25) is 33.9 Å². The van der Waals surface area contributed by atoms with E-state index >= 15 is 0 Å². The lowest BCUT2D eigenvalue weighted by Crippen LogP contribution is -2.56. The lowest BCUT2D eigenvalue weighted by Gasteiger charge is -2.40. The van der Waals surface area contributed by atoms with Crippen LogP contribution in [0.25, 0.3) is 0 Å². The molecule has 296 valence electrons. The monoisotopic (exact) mass is 734 g/mol. The standard InChI is InChI=1S/C39H66N4O9/c1-36(2,3)49-32(45)22-29-23-40-17-18-41(25-33(46)50-37(4,5)6)19-20-42(26-34(47)51-38(7,8)9)30(21-28-13-15-31(44)16-14-28)24-43(29)27-35(48)52-39(10,11)12/h13-16,29-30,40,44H,17-27H2,1-12H3. The Bertz CT molecular complexity index is 1310. The van der Waals surface area contributed by atoms with Crippen molar-refractivity contribution in [3.63, 3.8) is 0 Å². The number of esters is 4. The van der Waals surface area contributed by atoms with Crippen LogP contribution >= 0.6 is 0 Å². The second kappa shape index (κ2) is 19.2. The summed E-state index contributed by atoms with van der Waals surface area (Å²) in [5.74, 6) is -1.50. The third-order valence-electron chi connectivity index (χ3n) is 7.67. The van der Waals surface area contributed by atoms with E-state index in [2.05, 4.69) is 5.32 Å². The van der Waals surface area contributed by atoms with Gasteiger partial charge in [-0.15, -0.1) is 0 Å². The second-order valence-corrected chi connectivity index (χ2v) is 17.6. The van der Waals surface area contributed by atoms with Crippen molar-refractivity contribution in [3.05, 3.63) is 29.8 Å². The fourth-order valence-corrected chi connectivity index (χ4v) is 5.80. The summed E-state index contributed by atoms with van der Waals surface area (Å²) in [6, 6.07) is 5.99. The first-order valence-electron chi connectivity index (χ1n) is 18.3. The van der Waals surface area contributed by atoms with Gasteiger partial charge in [0.05, 0.1) is 26.1 Å². The van der Waals surface area contributed by atoms with Crippen LogP contribution in [-0.4, -0.2) is 137 Å². The van der Waals surface area contributed by atoms with Gasteiger partial charge in [-0.2, -0.15) is 0 Å². The van der Waals surface area contributed by atoms with Gasteiger partial charge < -0.3 is 29.4 Å². The predicted molar refractivity (Wildman–Crippen MR) is 200 cm³/mol. The Morgan fingerprint density at radius 1 is 0.635 bits per heavy atom. The van der Waals surface area contributed by atoms with E-state index in [0.717, 1.165) is 5.56 Å². The van der Waals surface area contributed by atoms with Gasteiger partial charge in [-0.1, -0.05) is 12.1 Å². The molecule has 1 saturated heterocycles. The fraction of sp³-hybridized carbons (Fsp3) is 0.744. The number of aromatic hydroxyl groups is 1. The summed E-state index contributed by atoms with van der Waals surface area (Å²) in [7, 11) is 0. The van der Waals surface area contributed by atoms with E-state index in [4.69, 9.17) is 18.9 Å². The van der Waals surface area contributed by atoms with Crippen LogP contribution in [0.2, 0.25) is 0 Å². The van der Waals surface area contributed by atoms with Crippen LogP contribution < -0.4 is 5.32 Å². The van der Waals surface area contributed by atoms with Crippen molar-refractivity contribution in [1.82, 2.24) is 20.0 Å². The molecule has 0 aliphatic carbocycles. The van der Waals surface area contributed by atoms with Crippen LogP contribution in [0.5, 0.6) is 5.75 Å². The molecule has 1 aromatic carbocycles. The van der Waals surface area contributed by atoms with Crippen LogP contribution in [0.15, 0.2) is 24.3 Å². The van der Waals surface area contributed by atoms with Crippen LogP contribution in [0.4, 0.5) is 0 Å². The number of benzene rings is 1. The molecule has 0 bridgehead atoms. The third kappa shape index (κ3) is 19.5. The molecule has 1 heterocycles. The van der Waals surface area contributed by atoms with E-state index in [1.165, 1.54) is 0 Å². The molecule has 0 spiro atoms. The first kappa shape index (κ1) is 44.9. The lowest BCUT2D eigenvalue weighted by molar-refractivity contribution is -0.161. The quantitative estimate of drug-likeness (QED) is 0.265. The Kier molecular flexibility index (Phi) is 16.6. The van der Waals surface area contributed by atoms with Crippen molar-refractivity contribution < 1.29 is 43.2 Å². The van der Waals surface area contributed by atoms with Gasteiger partial charge >= 0.3 is 23.9 Å². The number of hydrogen-bond donors (Lipinski definition) is 2. The third-order valence-corrected chi connectivity index (χ3v) is 7.67. The maximum Gasteiger partial charge on any atom is 0.320 e. The van der Waals surface area contributed by atoms with E-state index in [9.17, 15) is 24.3 Å². The van der Waals surface area contributed by atoms with Crippen molar-refractivity contribution in [2.75, 3.05) is 58.9 Å². The molecule has 1 fully saturated rings. The number of phenolic OH excluding ortho intramolecular Hbond substituents is 1. The Morgan fingerprint density at radius 2 is 1.10 bits per heavy atom. The molecule has 0 aromatic heterocycles. The highest BCUT2D eigenvalue weighted by Gasteiger charge is 2.34. The van der Waals surface area contributed by atoms with Crippen molar-refractivity contribution in [1.29, 1.82) is 0 Å². The fourth-order valence-electron chi connectivity index (χ4n) is 5.80. The molecule has 1 aliphatic rings. The molecule has 1 aliphatic heterocycles. The first-order chi connectivity index (χ1) is 23.8. The minimum Gasteiger partial charge on any atom is -0.508 e. The second-order valence-electron chi connectivity index (χ2n) is 17.6. The summed E-state index contributed by atoms with van der Waals surface area (Å²) in [4.78, 5) is 59.2. The van der Waals surface area contributed by atoms with Crippen LogP contribution in [0.1, 0.15) is 95.1 Å². The Hall–Kier alpha value is -3.26. The number of carbonyl (C=O) groups is 4. The summed E-state index contributed by atoms with van der Waals surface area (Å²) >= 11 is 0. The van der Waals surface area contributed by atoms with E-state index in [-0.39, 0.29) is 50.4 Å². The summed E-state index contributed by atoms with van der Waals surface area (Å²) in [5, 5.41) is 13.5. The zero-order chi connectivity index (χ0) is 39.5. The number of ether oxygens (including phenoxy) is 4. The zero-order valence-electron chi connectivity index (χ0n) is 33.8. The molecule has 13 nitrogen and oxygen atoms in total. The molecule has 52 heavy (non-hydrogen) atoms. The number of nitrogens with zero attached hydrogens (tertiary/aromatic N) is 3. The number of carbonyl (C=O) groups excluding carboxylic acids is 4. The van der Waals surface area contributed by atoms with Gasteiger partial charge in [-0.05, 0) is 107 Å². The minimum atomic E-state index is -0.728. The molecule has 0 radical (unpaired) electrons. The predicted octanol–water partition coefficient (Wildman–Crippen LogP) is 3.94. The van der Waals surface area contributed by atoms with E-state index in [0.29, 0.717) is 39.1 Å². The average Bonchev–Trinajstić information content (AvgIpc) is 2.92. The van der Waals surface area contributed by atoms with Crippen molar-refractivity contribution in [3.8, 4) is 5.75 Å². The van der Waals surface area contributed by atoms with E-state index in [1.54, 1.807) is 32.9 Å². The van der Waals surface area contributed by atoms with Gasteiger partial charge in [0.15, 0.2) is 0 Å². The normalized spacial score (nSPS) is 19.5. The Labute approximate surface area is 311 Å². The molecule has 2 rings (SSSR count). The summed E-state index contributed by atoms with van der Waals surface area (Å²) in [6.45, 7) is 24.0. The van der Waals surface area contributed by atoms with Gasteiger partial charge in [0.1, 0.15) is 28.2 Å². The van der Waals surface area contributed by atoms with E-state index in [1.807, 2.05) is 89.1 Å². The molecule has 2 unspecified atom stereocenters. The van der Waals surface area contributed by atoms with Gasteiger partial charge in [-0.25, -0.2) is 0 Å². The zero-order valence-corrected chi connectivity index (χ0v) is 33.8. The summed E-state index contributed by atoms with van der Waals surface area (Å²) in [5.41, 5.74) is -1.90. The molecular formula is C39H66N4O9. The van der Waals surface area contributed by atoms with Crippen LogP contribution in [0, 0.1) is 0 Å². The average molecular weight is 735 g/mol. The summed E-state index contributed by atoms with van der Waals surface area (Å²) < 4.78 is 22.9. The molecule has 13 heteroatoms. The van der Waals surface area contributed by atoms with Crippen molar-refractivity contribution >= 4 is 23.9 Å². The SMILES string of the molecule is CC(C)(C)OC(=O)CC1CNCCN(CC(=O)OC(C)(C)C)CCN(CC(=O)OC(C)(C)C)C(Cc2ccc(O)cc2)CN1CC(=O)OC(C)(C)C. The molecule has 0 saturated carbocycles. The highest BCUT2D eigenvalue weighted by molar-refractivity contribution is 5.74. The Morgan fingerprint density at radius 3 is 1.60 bits per heavy atom. The van der Waals surface area contributed by atoms with Gasteiger partial charge in [0.2, 0.25) is 0 Å². The number of nitrogens with one attached hydrogen (secondary N) is 1. The molecule has 1 aromatic rings. The van der Waals surface area contributed by atoms with Crippen molar-refractivity contribution in [2.24, 2.45) is 0 Å². The van der Waals surface area contributed by atoms with Crippen LogP contribution in [0.3, 0.4) is 0 Å². The molecule has 0 amide bonds. The lowest BCUT2D eigenvalue weighted by atomic mass is 10.0. The highest BCUT2D eigenvalue weighted by atomic mass is 16.6. The van der Waals surface area contributed by atoms with Crippen LogP contribution in [-0.2, 0) is 44.5 Å². The van der Waals surface area contributed by atoms with Crippen molar-refractivity contribution in [2.45, 2.75) is 130 Å². The molecule has 2 atom stereocenters.